The molecule has 0 fully saturated rings. The lowest BCUT2D eigenvalue weighted by Gasteiger charge is -2.21. The number of primary amides is 1. The Labute approximate surface area is 301 Å². The molecule has 4 aromatic rings. The first-order chi connectivity index (χ1) is 24.7. The molecule has 0 aliphatic heterocycles. The Balaban J connectivity index is 1.68. The number of aromatic nitrogens is 4. The number of carbonyl (C=O) groups excluding carboxylic acids is 5. The number of nitrogens with zero attached hydrogens (tertiary/aromatic N) is 4. The van der Waals surface area contributed by atoms with Crippen molar-refractivity contribution in [2.45, 2.75) is 59.8 Å². The third-order valence-electron chi connectivity index (χ3n) is 8.07. The number of rotatable bonds is 16. The van der Waals surface area contributed by atoms with Gasteiger partial charge >= 0.3 is 0 Å². The number of methoxy groups -OCH3 is 2. The van der Waals surface area contributed by atoms with Crippen LogP contribution in [-0.4, -0.2) is 75.4 Å². The van der Waals surface area contributed by atoms with Crippen LogP contribution in [0, 0.1) is 11.8 Å². The van der Waals surface area contributed by atoms with E-state index in [0.29, 0.717) is 11.5 Å². The number of hydrogen-bond acceptors (Lipinski definition) is 9. The van der Waals surface area contributed by atoms with Gasteiger partial charge in [0, 0.05) is 19.1 Å². The van der Waals surface area contributed by atoms with E-state index in [9.17, 15) is 24.0 Å². The molecule has 2 atom stereocenters. The SMILES string of the molecule is COc1ccc(Cn2nc(C(=O)N[C@H](C(N)=O)C(C)C)cc2NC(=O)c2cc(NC(=O)[C@@H](NC(C)=O)C(C)C)n(Cc3ccc(OC)cc3)n2)cc1. The van der Waals surface area contributed by atoms with Gasteiger partial charge in [-0.05, 0) is 47.2 Å². The Morgan fingerprint density at radius 1 is 0.673 bits per heavy atom. The zero-order chi connectivity index (χ0) is 38.1. The number of hydrogen-bond donors (Lipinski definition) is 5. The number of anilines is 2. The molecule has 0 saturated carbocycles. The highest BCUT2D eigenvalue weighted by Gasteiger charge is 2.27. The van der Waals surface area contributed by atoms with Crippen LogP contribution in [0.5, 0.6) is 11.5 Å². The number of benzene rings is 2. The van der Waals surface area contributed by atoms with Crippen molar-refractivity contribution in [1.82, 2.24) is 30.2 Å². The van der Waals surface area contributed by atoms with E-state index >= 15 is 0 Å². The first-order valence-electron chi connectivity index (χ1n) is 16.6. The highest BCUT2D eigenvalue weighted by atomic mass is 16.5. The summed E-state index contributed by atoms with van der Waals surface area (Å²) in [6.07, 6.45) is 0. The molecule has 276 valence electrons. The predicted octanol–water partition coefficient (Wildman–Crippen LogP) is 2.78. The minimum Gasteiger partial charge on any atom is -0.497 e. The third-order valence-corrected chi connectivity index (χ3v) is 8.07. The molecular weight excluding hydrogens is 670 g/mol. The quantitative estimate of drug-likeness (QED) is 0.115. The van der Waals surface area contributed by atoms with Crippen molar-refractivity contribution in [3.05, 3.63) is 83.2 Å². The van der Waals surface area contributed by atoms with Gasteiger partial charge in [0.25, 0.3) is 11.8 Å². The van der Waals surface area contributed by atoms with Crippen LogP contribution >= 0.6 is 0 Å². The van der Waals surface area contributed by atoms with Crippen molar-refractivity contribution < 1.29 is 33.4 Å². The number of amides is 5. The van der Waals surface area contributed by atoms with Crippen LogP contribution < -0.4 is 36.5 Å². The fourth-order valence-electron chi connectivity index (χ4n) is 5.23. The molecule has 2 aromatic heterocycles. The van der Waals surface area contributed by atoms with Gasteiger partial charge in [0.1, 0.15) is 35.2 Å². The van der Waals surface area contributed by atoms with E-state index in [-0.39, 0.29) is 53.9 Å². The Morgan fingerprint density at radius 2 is 1.12 bits per heavy atom. The molecule has 5 amide bonds. The highest BCUT2D eigenvalue weighted by molar-refractivity contribution is 6.05. The van der Waals surface area contributed by atoms with Gasteiger partial charge in [-0.3, -0.25) is 24.0 Å². The maximum atomic E-state index is 13.8. The number of ether oxygens (including phenoxy) is 2. The lowest BCUT2D eigenvalue weighted by molar-refractivity contribution is -0.126. The smallest absolute Gasteiger partial charge is 0.277 e. The minimum absolute atomic E-state index is 0.0544. The van der Waals surface area contributed by atoms with Crippen molar-refractivity contribution in [1.29, 1.82) is 0 Å². The first-order valence-corrected chi connectivity index (χ1v) is 16.6. The van der Waals surface area contributed by atoms with Crippen LogP contribution in [0.25, 0.3) is 0 Å². The molecular formula is C36H45N9O7. The van der Waals surface area contributed by atoms with Gasteiger partial charge < -0.3 is 36.5 Å². The molecule has 0 bridgehead atoms. The van der Waals surface area contributed by atoms with Gasteiger partial charge in [-0.2, -0.15) is 10.2 Å². The van der Waals surface area contributed by atoms with Gasteiger partial charge in [-0.1, -0.05) is 52.0 Å². The molecule has 0 saturated heterocycles. The standard InChI is InChI=1S/C36H45N9O7/c1-20(2)31(33(37)47)41-35(49)28-17-29(44(43-28)18-23-8-12-25(51-6)13-9-23)39-34(48)27-16-30(40-36(50)32(21(3)4)38-22(5)46)45(42-27)19-24-10-14-26(52-7)15-11-24/h8-17,20-21,31-32H,18-19H2,1-7H3,(H2,37,47)(H,38,46)(H,39,48)(H,40,50)(H,41,49)/t31-,32-/m0/s1. The van der Waals surface area contributed by atoms with Crippen molar-refractivity contribution in [3.63, 3.8) is 0 Å². The average Bonchev–Trinajstić information content (AvgIpc) is 3.69. The van der Waals surface area contributed by atoms with Gasteiger partial charge in [-0.15, -0.1) is 0 Å². The number of carbonyl (C=O) groups is 5. The van der Waals surface area contributed by atoms with Crippen molar-refractivity contribution in [3.8, 4) is 11.5 Å². The second-order valence-corrected chi connectivity index (χ2v) is 12.8. The summed E-state index contributed by atoms with van der Waals surface area (Å²) in [4.78, 5) is 64.3. The van der Waals surface area contributed by atoms with Crippen molar-refractivity contribution >= 4 is 41.2 Å². The topological polar surface area (TPSA) is 214 Å². The maximum Gasteiger partial charge on any atom is 0.277 e. The highest BCUT2D eigenvalue weighted by Crippen LogP contribution is 2.21. The summed E-state index contributed by atoms with van der Waals surface area (Å²) in [5.41, 5.74) is 6.98. The molecule has 16 nitrogen and oxygen atoms in total. The fourth-order valence-corrected chi connectivity index (χ4v) is 5.23. The Hall–Kier alpha value is -6.19. The third kappa shape index (κ3) is 9.95. The summed E-state index contributed by atoms with van der Waals surface area (Å²) in [5.74, 6) is -1.71. The summed E-state index contributed by atoms with van der Waals surface area (Å²) < 4.78 is 13.4. The predicted molar refractivity (Wildman–Crippen MR) is 193 cm³/mol. The Bertz CT molecular complexity index is 1900. The first kappa shape index (κ1) is 38.6. The molecule has 16 heteroatoms. The normalized spacial score (nSPS) is 12.2. The summed E-state index contributed by atoms with van der Waals surface area (Å²) in [5, 5.41) is 19.8. The molecule has 2 aromatic carbocycles. The van der Waals surface area contributed by atoms with E-state index in [1.807, 2.05) is 24.3 Å². The molecule has 0 radical (unpaired) electrons. The summed E-state index contributed by atoms with van der Waals surface area (Å²) >= 11 is 0. The summed E-state index contributed by atoms with van der Waals surface area (Å²) in [6.45, 7) is 8.75. The zero-order valence-corrected chi connectivity index (χ0v) is 30.2. The lowest BCUT2D eigenvalue weighted by atomic mass is 10.0. The van der Waals surface area contributed by atoms with Crippen LogP contribution in [0.4, 0.5) is 11.6 Å². The zero-order valence-electron chi connectivity index (χ0n) is 30.2. The summed E-state index contributed by atoms with van der Waals surface area (Å²) in [7, 11) is 3.11. The van der Waals surface area contributed by atoms with Gasteiger partial charge in [0.15, 0.2) is 11.4 Å². The monoisotopic (exact) mass is 715 g/mol. The van der Waals surface area contributed by atoms with E-state index in [2.05, 4.69) is 31.5 Å². The van der Waals surface area contributed by atoms with E-state index in [0.717, 1.165) is 11.1 Å². The summed E-state index contributed by atoms with van der Waals surface area (Å²) in [6, 6.07) is 15.4. The van der Waals surface area contributed by atoms with E-state index < -0.39 is 35.7 Å². The molecule has 4 rings (SSSR count). The molecule has 0 aliphatic carbocycles. The van der Waals surface area contributed by atoms with Crippen LogP contribution in [0.3, 0.4) is 0 Å². The second-order valence-electron chi connectivity index (χ2n) is 12.8. The lowest BCUT2D eigenvalue weighted by Crippen LogP contribution is -2.47. The second kappa shape index (κ2) is 17.2. The molecule has 0 spiro atoms. The van der Waals surface area contributed by atoms with Crippen molar-refractivity contribution in [2.75, 3.05) is 24.9 Å². The van der Waals surface area contributed by atoms with Crippen LogP contribution in [0.15, 0.2) is 60.7 Å². The van der Waals surface area contributed by atoms with E-state index in [1.165, 1.54) is 28.4 Å². The molecule has 6 N–H and O–H groups in total. The minimum atomic E-state index is -0.943. The molecule has 0 aliphatic rings. The fraction of sp³-hybridized carbons (Fsp3) is 0.361. The van der Waals surface area contributed by atoms with Gasteiger partial charge in [0.2, 0.25) is 17.7 Å². The molecule has 52 heavy (non-hydrogen) atoms. The Morgan fingerprint density at radius 3 is 1.52 bits per heavy atom. The number of nitrogens with two attached hydrogens (primary N) is 1. The average molecular weight is 716 g/mol. The Kier molecular flexibility index (Phi) is 12.7. The van der Waals surface area contributed by atoms with Gasteiger partial charge in [0.05, 0.1) is 27.3 Å². The van der Waals surface area contributed by atoms with E-state index in [1.54, 1.807) is 66.2 Å². The van der Waals surface area contributed by atoms with Crippen LogP contribution in [-0.2, 0) is 27.5 Å². The van der Waals surface area contributed by atoms with E-state index in [4.69, 9.17) is 15.2 Å². The van der Waals surface area contributed by atoms with Crippen LogP contribution in [0.1, 0.15) is 66.7 Å². The maximum absolute atomic E-state index is 13.8. The van der Waals surface area contributed by atoms with Gasteiger partial charge in [-0.25, -0.2) is 9.36 Å². The molecule has 0 unspecified atom stereocenters. The number of nitrogens with one attached hydrogen (secondary N) is 4. The largest absolute Gasteiger partial charge is 0.497 e. The molecule has 2 heterocycles. The van der Waals surface area contributed by atoms with Crippen LogP contribution in [0.2, 0.25) is 0 Å². The van der Waals surface area contributed by atoms with Crippen molar-refractivity contribution in [2.24, 2.45) is 17.6 Å².